The van der Waals surface area contributed by atoms with Crippen molar-refractivity contribution < 1.29 is 21.6 Å². The van der Waals surface area contributed by atoms with Crippen molar-refractivity contribution in [1.29, 1.82) is 5.26 Å². The van der Waals surface area contributed by atoms with Gasteiger partial charge in [-0.15, -0.1) is 0 Å². The molecule has 1 N–H and O–H groups in total. The lowest BCUT2D eigenvalue weighted by Crippen LogP contribution is -2.38. The van der Waals surface area contributed by atoms with Gasteiger partial charge in [0, 0.05) is 18.1 Å². The highest BCUT2D eigenvalue weighted by molar-refractivity contribution is 7.89. The van der Waals surface area contributed by atoms with Crippen LogP contribution in [0.25, 0.3) is 0 Å². The Morgan fingerprint density at radius 1 is 1.12 bits per heavy atom. The standard InChI is InChI=1S/C22H18F3N5O2S/c23-10-15(11-24)29-33(31,32)16-5-6-19(28-13-16)22-18(12-26)17-9-14(25)4-7-20(17)30(22)21-3-1-2-8-27-21/h1-9,13,15,18,22,29H,10-11H2. The van der Waals surface area contributed by atoms with Gasteiger partial charge in [-0.25, -0.2) is 31.3 Å². The first-order valence-corrected chi connectivity index (χ1v) is 11.4. The van der Waals surface area contributed by atoms with E-state index in [0.717, 1.165) is 6.20 Å². The summed E-state index contributed by atoms with van der Waals surface area (Å²) >= 11 is 0. The van der Waals surface area contributed by atoms with Crippen LogP contribution in [0.15, 0.2) is 65.8 Å². The molecule has 0 radical (unpaired) electrons. The molecule has 3 heterocycles. The van der Waals surface area contributed by atoms with Crippen LogP contribution in [-0.2, 0) is 10.0 Å². The fraction of sp³-hybridized carbons (Fsp3) is 0.227. The van der Waals surface area contributed by atoms with E-state index in [1.807, 2.05) is 4.72 Å². The highest BCUT2D eigenvalue weighted by atomic mass is 32.2. The minimum Gasteiger partial charge on any atom is -0.315 e. The number of pyridine rings is 2. The molecule has 2 unspecified atom stereocenters. The minimum absolute atomic E-state index is 0.280. The van der Waals surface area contributed by atoms with Crippen LogP contribution in [0.2, 0.25) is 0 Å². The highest BCUT2D eigenvalue weighted by Crippen LogP contribution is 2.51. The van der Waals surface area contributed by atoms with Crippen LogP contribution in [0.4, 0.5) is 24.7 Å². The lowest BCUT2D eigenvalue weighted by Gasteiger charge is -2.27. The van der Waals surface area contributed by atoms with Gasteiger partial charge >= 0.3 is 0 Å². The number of hydrogen-bond acceptors (Lipinski definition) is 6. The zero-order valence-electron chi connectivity index (χ0n) is 17.1. The Morgan fingerprint density at radius 3 is 2.52 bits per heavy atom. The summed E-state index contributed by atoms with van der Waals surface area (Å²) in [6.45, 7) is -2.39. The van der Waals surface area contributed by atoms with Crippen LogP contribution >= 0.6 is 0 Å². The molecule has 7 nitrogen and oxygen atoms in total. The van der Waals surface area contributed by atoms with Gasteiger partial charge in [-0.2, -0.15) is 5.26 Å². The van der Waals surface area contributed by atoms with Gasteiger partial charge in [0.05, 0.1) is 29.8 Å². The molecule has 0 bridgehead atoms. The van der Waals surface area contributed by atoms with Gasteiger partial charge in [0.1, 0.15) is 29.9 Å². The van der Waals surface area contributed by atoms with Crippen LogP contribution < -0.4 is 9.62 Å². The molecule has 3 aromatic rings. The summed E-state index contributed by atoms with van der Waals surface area (Å²) in [5.74, 6) is -0.804. The number of sulfonamides is 1. The number of halogens is 3. The summed E-state index contributed by atoms with van der Waals surface area (Å²) in [6.07, 6.45) is 2.63. The van der Waals surface area contributed by atoms with Gasteiger partial charge in [0.15, 0.2) is 0 Å². The SMILES string of the molecule is N#CC1c2cc(F)ccc2N(c2ccccn2)C1c1ccc(S(=O)(=O)NC(CF)CF)cn1. The van der Waals surface area contributed by atoms with E-state index in [1.165, 1.54) is 24.3 Å². The second-order valence-electron chi connectivity index (χ2n) is 7.36. The number of fused-ring (bicyclic) bond motifs is 1. The summed E-state index contributed by atoms with van der Waals surface area (Å²) < 4.78 is 66.3. The third kappa shape index (κ3) is 4.27. The van der Waals surface area contributed by atoms with Gasteiger partial charge in [-0.1, -0.05) is 6.07 Å². The maximum absolute atomic E-state index is 14.0. The van der Waals surface area contributed by atoms with Gasteiger partial charge < -0.3 is 4.90 Å². The summed E-state index contributed by atoms with van der Waals surface area (Å²) in [5, 5.41) is 9.91. The Morgan fingerprint density at radius 2 is 1.91 bits per heavy atom. The first kappa shape index (κ1) is 22.7. The Balaban J connectivity index is 1.76. The van der Waals surface area contributed by atoms with Crippen molar-refractivity contribution in [2.24, 2.45) is 0 Å². The zero-order chi connectivity index (χ0) is 23.6. The molecule has 0 saturated heterocycles. The third-order valence-electron chi connectivity index (χ3n) is 5.28. The average molecular weight is 473 g/mol. The van der Waals surface area contributed by atoms with E-state index in [9.17, 15) is 26.9 Å². The van der Waals surface area contributed by atoms with E-state index >= 15 is 0 Å². The molecule has 0 aliphatic carbocycles. The van der Waals surface area contributed by atoms with Crippen molar-refractivity contribution in [2.75, 3.05) is 18.2 Å². The number of aromatic nitrogens is 2. The fourth-order valence-electron chi connectivity index (χ4n) is 3.79. The first-order chi connectivity index (χ1) is 15.9. The summed E-state index contributed by atoms with van der Waals surface area (Å²) in [5.41, 5.74) is 1.39. The first-order valence-electron chi connectivity index (χ1n) is 9.89. The van der Waals surface area contributed by atoms with Crippen LogP contribution in [-0.4, -0.2) is 37.8 Å². The molecule has 1 aliphatic heterocycles. The molecule has 2 atom stereocenters. The van der Waals surface area contributed by atoms with E-state index in [0.29, 0.717) is 22.8 Å². The predicted octanol–water partition coefficient (Wildman–Crippen LogP) is 3.70. The molecule has 0 spiro atoms. The Labute approximate surface area is 188 Å². The molecule has 0 amide bonds. The fourth-order valence-corrected chi connectivity index (χ4v) is 4.93. The van der Waals surface area contributed by atoms with Crippen molar-refractivity contribution in [3.8, 4) is 6.07 Å². The number of nitrogens with one attached hydrogen (secondary N) is 1. The monoisotopic (exact) mass is 473 g/mol. The van der Waals surface area contributed by atoms with Gasteiger partial charge in [0.2, 0.25) is 10.0 Å². The van der Waals surface area contributed by atoms with Crippen LogP contribution in [0.5, 0.6) is 0 Å². The number of rotatable bonds is 7. The number of benzene rings is 1. The lowest BCUT2D eigenvalue weighted by molar-refractivity contribution is 0.334. The Bertz CT molecular complexity index is 1280. The molecule has 170 valence electrons. The molecular weight excluding hydrogens is 455 g/mol. The number of anilines is 2. The van der Waals surface area contributed by atoms with Crippen molar-refractivity contribution in [3.05, 3.63) is 78.0 Å². The van der Waals surface area contributed by atoms with E-state index in [1.54, 1.807) is 35.4 Å². The van der Waals surface area contributed by atoms with Crippen molar-refractivity contribution in [3.63, 3.8) is 0 Å². The number of nitriles is 1. The summed E-state index contributed by atoms with van der Waals surface area (Å²) in [4.78, 5) is 10.1. The second kappa shape index (κ2) is 9.17. The predicted molar refractivity (Wildman–Crippen MR) is 114 cm³/mol. The third-order valence-corrected chi connectivity index (χ3v) is 6.79. The number of alkyl halides is 2. The zero-order valence-corrected chi connectivity index (χ0v) is 17.9. The van der Waals surface area contributed by atoms with E-state index in [2.05, 4.69) is 16.0 Å². The highest BCUT2D eigenvalue weighted by Gasteiger charge is 2.42. The lowest BCUT2D eigenvalue weighted by atomic mass is 9.94. The van der Waals surface area contributed by atoms with Gasteiger partial charge in [-0.05, 0) is 48.0 Å². The maximum Gasteiger partial charge on any atom is 0.242 e. The largest absolute Gasteiger partial charge is 0.315 e. The molecule has 11 heteroatoms. The van der Waals surface area contributed by atoms with Crippen LogP contribution in [0.3, 0.4) is 0 Å². The minimum atomic E-state index is -4.20. The summed E-state index contributed by atoms with van der Waals surface area (Å²) in [6, 6.07) is 12.0. The van der Waals surface area contributed by atoms with E-state index in [4.69, 9.17) is 0 Å². The Kier molecular flexibility index (Phi) is 6.31. The Hall–Kier alpha value is -3.49. The maximum atomic E-state index is 14.0. The number of hydrogen-bond donors (Lipinski definition) is 1. The van der Waals surface area contributed by atoms with E-state index < -0.39 is 47.2 Å². The van der Waals surface area contributed by atoms with Gasteiger partial charge in [-0.3, -0.25) is 4.98 Å². The molecule has 0 saturated carbocycles. The molecule has 1 aromatic carbocycles. The molecular formula is C22H18F3N5O2S. The molecule has 0 fully saturated rings. The van der Waals surface area contributed by atoms with Crippen molar-refractivity contribution >= 4 is 21.5 Å². The normalized spacial score (nSPS) is 17.7. The second-order valence-corrected chi connectivity index (χ2v) is 9.07. The molecule has 4 rings (SSSR count). The summed E-state index contributed by atoms with van der Waals surface area (Å²) in [7, 11) is -4.20. The molecule has 2 aromatic heterocycles. The average Bonchev–Trinajstić information content (AvgIpc) is 3.16. The van der Waals surface area contributed by atoms with Crippen molar-refractivity contribution in [1.82, 2.24) is 14.7 Å². The topological polar surface area (TPSA) is 99.0 Å². The van der Waals surface area contributed by atoms with Gasteiger partial charge in [0.25, 0.3) is 0 Å². The number of nitrogens with zero attached hydrogens (tertiary/aromatic N) is 4. The van der Waals surface area contributed by atoms with Crippen LogP contribution in [0, 0.1) is 17.1 Å². The van der Waals surface area contributed by atoms with E-state index in [-0.39, 0.29) is 4.90 Å². The van der Waals surface area contributed by atoms with Crippen molar-refractivity contribution in [2.45, 2.75) is 22.9 Å². The molecule has 33 heavy (non-hydrogen) atoms. The smallest absolute Gasteiger partial charge is 0.242 e. The molecule has 1 aliphatic rings. The quantitative estimate of drug-likeness (QED) is 0.562. The van der Waals surface area contributed by atoms with Crippen LogP contribution in [0.1, 0.15) is 23.2 Å².